The average molecular weight is 716 g/mol. The van der Waals surface area contributed by atoms with Gasteiger partial charge in [0.15, 0.2) is 0 Å². The SMILES string of the molecule is CCOC(=O)C[C@H](C/C=C/c1nc(CN[C@H](C(=O)N[C@@H](Cc2ccccc2)C(=O)N[C@@H](CCSC)C(=O)OC)C(C)C)cn1C)C(=O)OCC. The first-order valence-corrected chi connectivity index (χ1v) is 18.3. The van der Waals surface area contributed by atoms with Crippen molar-refractivity contribution in [3.8, 4) is 0 Å². The summed E-state index contributed by atoms with van der Waals surface area (Å²) in [7, 11) is 3.11. The van der Waals surface area contributed by atoms with E-state index in [4.69, 9.17) is 14.2 Å². The lowest BCUT2D eigenvalue weighted by molar-refractivity contribution is -0.154. The minimum Gasteiger partial charge on any atom is -0.467 e. The molecule has 0 aliphatic carbocycles. The summed E-state index contributed by atoms with van der Waals surface area (Å²) < 4.78 is 16.9. The molecule has 0 radical (unpaired) electrons. The van der Waals surface area contributed by atoms with E-state index < -0.39 is 47.9 Å². The predicted octanol–water partition coefficient (Wildman–Crippen LogP) is 3.21. The van der Waals surface area contributed by atoms with Crippen molar-refractivity contribution in [2.75, 3.05) is 32.3 Å². The fourth-order valence-electron chi connectivity index (χ4n) is 5.13. The Morgan fingerprint density at radius 3 is 2.26 bits per heavy atom. The van der Waals surface area contributed by atoms with Crippen LogP contribution in [-0.4, -0.2) is 89.7 Å². The zero-order chi connectivity index (χ0) is 37.1. The van der Waals surface area contributed by atoms with Crippen LogP contribution >= 0.6 is 11.8 Å². The largest absolute Gasteiger partial charge is 0.467 e. The number of hydrogen-bond acceptors (Lipinski definition) is 11. The molecule has 4 atom stereocenters. The second kappa shape index (κ2) is 22.5. The molecule has 0 bridgehead atoms. The molecule has 50 heavy (non-hydrogen) atoms. The topological polar surface area (TPSA) is 167 Å². The number of aryl methyl sites for hydroxylation is 1. The Morgan fingerprint density at radius 1 is 0.960 bits per heavy atom. The smallest absolute Gasteiger partial charge is 0.328 e. The summed E-state index contributed by atoms with van der Waals surface area (Å²) >= 11 is 1.55. The van der Waals surface area contributed by atoms with E-state index in [-0.39, 0.29) is 50.8 Å². The number of imidazole rings is 1. The molecule has 2 aromatic rings. The Hall–Kier alpha value is -4.17. The van der Waals surface area contributed by atoms with E-state index in [1.165, 1.54) is 7.11 Å². The van der Waals surface area contributed by atoms with Gasteiger partial charge >= 0.3 is 17.9 Å². The van der Waals surface area contributed by atoms with Crippen molar-refractivity contribution in [1.29, 1.82) is 0 Å². The fourth-order valence-corrected chi connectivity index (χ4v) is 5.60. The van der Waals surface area contributed by atoms with Crippen molar-refractivity contribution in [1.82, 2.24) is 25.5 Å². The van der Waals surface area contributed by atoms with Gasteiger partial charge in [0.25, 0.3) is 0 Å². The maximum absolute atomic E-state index is 13.7. The van der Waals surface area contributed by atoms with Crippen LogP contribution < -0.4 is 16.0 Å². The molecule has 1 aromatic heterocycles. The average Bonchev–Trinajstić information content (AvgIpc) is 3.44. The maximum Gasteiger partial charge on any atom is 0.328 e. The van der Waals surface area contributed by atoms with Gasteiger partial charge < -0.3 is 29.4 Å². The van der Waals surface area contributed by atoms with Crippen molar-refractivity contribution in [2.45, 2.75) is 78.0 Å². The molecule has 0 saturated heterocycles. The van der Waals surface area contributed by atoms with Gasteiger partial charge in [-0.15, -0.1) is 0 Å². The van der Waals surface area contributed by atoms with Crippen LogP contribution in [0.4, 0.5) is 0 Å². The lowest BCUT2D eigenvalue weighted by Crippen LogP contribution is -2.57. The number of hydrogen-bond donors (Lipinski definition) is 3. The first kappa shape index (κ1) is 42.0. The number of esters is 3. The Kier molecular flexibility index (Phi) is 18.9. The zero-order valence-corrected chi connectivity index (χ0v) is 31.0. The number of ether oxygens (including phenoxy) is 3. The highest BCUT2D eigenvalue weighted by Gasteiger charge is 2.30. The van der Waals surface area contributed by atoms with Crippen LogP contribution in [0.25, 0.3) is 6.08 Å². The predicted molar refractivity (Wildman–Crippen MR) is 193 cm³/mol. The highest BCUT2D eigenvalue weighted by atomic mass is 32.2. The summed E-state index contributed by atoms with van der Waals surface area (Å²) in [6.45, 7) is 7.93. The lowest BCUT2D eigenvalue weighted by atomic mass is 10.0. The Morgan fingerprint density at radius 2 is 1.64 bits per heavy atom. The van der Waals surface area contributed by atoms with E-state index >= 15 is 0 Å². The first-order chi connectivity index (χ1) is 23.9. The minimum atomic E-state index is -0.941. The molecule has 0 spiro atoms. The van der Waals surface area contributed by atoms with Crippen LogP contribution in [0.5, 0.6) is 0 Å². The second-order valence-corrected chi connectivity index (χ2v) is 13.0. The molecule has 0 aliphatic rings. The molecule has 2 amide bonds. The highest BCUT2D eigenvalue weighted by molar-refractivity contribution is 7.98. The van der Waals surface area contributed by atoms with Crippen LogP contribution in [0.3, 0.4) is 0 Å². The van der Waals surface area contributed by atoms with Crippen LogP contribution in [0, 0.1) is 11.8 Å². The third-order valence-corrected chi connectivity index (χ3v) is 8.41. The molecule has 0 fully saturated rings. The Labute approximate surface area is 299 Å². The molecule has 3 N–H and O–H groups in total. The second-order valence-electron chi connectivity index (χ2n) is 12.0. The minimum absolute atomic E-state index is 0.0802. The monoisotopic (exact) mass is 715 g/mol. The van der Waals surface area contributed by atoms with Gasteiger partial charge in [0.2, 0.25) is 11.8 Å². The number of rotatable bonds is 22. The summed E-state index contributed by atoms with van der Waals surface area (Å²) in [5.41, 5.74) is 1.52. The number of carbonyl (C=O) groups is 5. The van der Waals surface area contributed by atoms with E-state index in [0.29, 0.717) is 23.7 Å². The summed E-state index contributed by atoms with van der Waals surface area (Å²) in [4.78, 5) is 68.7. The van der Waals surface area contributed by atoms with Crippen molar-refractivity contribution in [3.63, 3.8) is 0 Å². The molecule has 1 aromatic carbocycles. The number of methoxy groups -OCH3 is 1. The van der Waals surface area contributed by atoms with Gasteiger partial charge in [0.05, 0.1) is 44.4 Å². The number of amides is 2. The summed E-state index contributed by atoms with van der Waals surface area (Å²) in [5.74, 6) is -1.86. The van der Waals surface area contributed by atoms with Gasteiger partial charge in [-0.3, -0.25) is 24.5 Å². The third kappa shape index (κ3) is 14.4. The summed E-state index contributed by atoms with van der Waals surface area (Å²) in [6.07, 6.45) is 8.09. The number of aromatic nitrogens is 2. The Bertz CT molecular complexity index is 1410. The van der Waals surface area contributed by atoms with Crippen LogP contribution in [0.1, 0.15) is 64.0 Å². The van der Waals surface area contributed by atoms with E-state index in [0.717, 1.165) is 5.56 Å². The van der Waals surface area contributed by atoms with Crippen molar-refractivity contribution >= 4 is 47.6 Å². The van der Waals surface area contributed by atoms with E-state index in [2.05, 4.69) is 20.9 Å². The highest BCUT2D eigenvalue weighted by Crippen LogP contribution is 2.16. The van der Waals surface area contributed by atoms with Gasteiger partial charge in [-0.2, -0.15) is 11.8 Å². The number of carbonyl (C=O) groups excluding carboxylic acids is 5. The number of thioether (sulfide) groups is 1. The molecule has 0 unspecified atom stereocenters. The lowest BCUT2D eigenvalue weighted by Gasteiger charge is -2.26. The maximum atomic E-state index is 13.7. The quantitative estimate of drug-likeness (QED) is 0.121. The molecule has 1 heterocycles. The normalized spacial score (nSPS) is 13.7. The standard InChI is InChI=1S/C36H53N5O8S/c1-8-48-31(42)21-26(35(45)49-9-2)16-13-17-30-38-27(23-41(30)5)22-37-32(24(3)4)34(44)40-29(20-25-14-11-10-12-15-25)33(43)39-28(18-19-50-7)36(46)47-6/h10-15,17,23-24,26,28-29,32,37H,8-9,16,18-22H2,1-7H3,(H,39,43)(H,40,44)/b17-13+/t26-,28-,29-,32-/m0/s1. The van der Waals surface area contributed by atoms with E-state index in [9.17, 15) is 24.0 Å². The first-order valence-electron chi connectivity index (χ1n) is 16.9. The number of nitrogens with one attached hydrogen (secondary N) is 3. The van der Waals surface area contributed by atoms with E-state index in [1.54, 1.807) is 37.8 Å². The van der Waals surface area contributed by atoms with Crippen molar-refractivity contribution in [2.24, 2.45) is 18.9 Å². The number of nitrogens with zero attached hydrogens (tertiary/aromatic N) is 2. The number of benzene rings is 1. The molecule has 2 rings (SSSR count). The zero-order valence-electron chi connectivity index (χ0n) is 30.2. The van der Waals surface area contributed by atoms with Crippen LogP contribution in [0.2, 0.25) is 0 Å². The fraction of sp³-hybridized carbons (Fsp3) is 0.556. The molecule has 276 valence electrons. The van der Waals surface area contributed by atoms with Gasteiger partial charge in [-0.25, -0.2) is 9.78 Å². The third-order valence-electron chi connectivity index (χ3n) is 7.77. The van der Waals surface area contributed by atoms with Crippen LogP contribution in [0.15, 0.2) is 42.6 Å². The molecule has 13 nitrogen and oxygen atoms in total. The summed E-state index contributed by atoms with van der Waals surface area (Å²) in [5, 5.41) is 8.99. The van der Waals surface area contributed by atoms with Gasteiger partial charge in [-0.1, -0.05) is 50.3 Å². The van der Waals surface area contributed by atoms with Crippen LogP contribution in [-0.2, 0) is 58.2 Å². The van der Waals surface area contributed by atoms with Crippen molar-refractivity contribution in [3.05, 3.63) is 59.7 Å². The molecule has 0 saturated carbocycles. The Balaban J connectivity index is 2.15. The van der Waals surface area contributed by atoms with Gasteiger partial charge in [0.1, 0.15) is 17.9 Å². The number of allylic oxidation sites excluding steroid dienone is 1. The molecular weight excluding hydrogens is 662 g/mol. The van der Waals surface area contributed by atoms with Crippen molar-refractivity contribution < 1.29 is 38.2 Å². The van der Waals surface area contributed by atoms with Gasteiger partial charge in [-0.05, 0) is 56.3 Å². The van der Waals surface area contributed by atoms with E-state index in [1.807, 2.05) is 68.2 Å². The molecular formula is C36H53N5O8S. The molecule has 0 aliphatic heterocycles. The summed E-state index contributed by atoms with van der Waals surface area (Å²) in [6, 6.07) is 6.90. The molecule has 14 heteroatoms. The van der Waals surface area contributed by atoms with Gasteiger partial charge in [0, 0.05) is 26.2 Å².